The Kier molecular flexibility index (Phi) is 16.9. The van der Waals surface area contributed by atoms with Gasteiger partial charge in [-0.15, -0.1) is 10.1 Å². The highest BCUT2D eigenvalue weighted by Gasteiger charge is 2.50. The fourth-order valence-electron chi connectivity index (χ4n) is 9.22. The van der Waals surface area contributed by atoms with Crippen molar-refractivity contribution in [3.05, 3.63) is 73.4 Å². The number of ether oxygens (including phenoxy) is 2. The van der Waals surface area contributed by atoms with E-state index in [-0.39, 0.29) is 58.9 Å². The SMILES string of the molecule is C[C@H](CCCC(C)(C)O)[C@H]1CCC2/C(=C/C=C3/C[C@@H](OC(=O)CBr)CC/C3=C\COC(=O)CCCCCNc3ccc(O[N+](=O)[O-])cc3[N+](=O)[O-])CCC[C@@]21C. The maximum absolute atomic E-state index is 12.6. The number of halogens is 1. The summed E-state index contributed by atoms with van der Waals surface area (Å²) in [5.74, 6) is 1.02. The minimum atomic E-state index is -1.03. The van der Waals surface area contributed by atoms with Gasteiger partial charge in [0.15, 0.2) is 0 Å². The van der Waals surface area contributed by atoms with Gasteiger partial charge < -0.3 is 19.9 Å². The fraction of sp³-hybridized carbons (Fsp3) is 0.667. The van der Waals surface area contributed by atoms with Gasteiger partial charge in [0.05, 0.1) is 10.5 Å². The van der Waals surface area contributed by atoms with Gasteiger partial charge >= 0.3 is 11.9 Å². The number of benzene rings is 1. The predicted molar refractivity (Wildman–Crippen MR) is 218 cm³/mol. The number of nitrogens with zero attached hydrogens (tertiary/aromatic N) is 2. The van der Waals surface area contributed by atoms with Gasteiger partial charge in [0.25, 0.3) is 10.8 Å². The molecule has 1 aromatic rings. The zero-order valence-electron chi connectivity index (χ0n) is 33.4. The first-order valence-corrected chi connectivity index (χ1v) is 21.3. The van der Waals surface area contributed by atoms with E-state index in [4.69, 9.17) is 9.47 Å². The number of nitrogens with one attached hydrogen (secondary N) is 1. The highest BCUT2D eigenvalue weighted by atomic mass is 79.9. The monoisotopic (exact) mass is 845 g/mol. The van der Waals surface area contributed by atoms with Crippen LogP contribution in [0.15, 0.2) is 53.1 Å². The van der Waals surface area contributed by atoms with Crippen LogP contribution in [0.4, 0.5) is 11.4 Å². The normalized spacial score (nSPS) is 25.1. The van der Waals surface area contributed by atoms with Crippen molar-refractivity contribution in [1.82, 2.24) is 0 Å². The highest BCUT2D eigenvalue weighted by molar-refractivity contribution is 9.09. The second kappa shape index (κ2) is 21.1. The maximum atomic E-state index is 12.6. The van der Waals surface area contributed by atoms with Crippen LogP contribution in [0.3, 0.4) is 0 Å². The molecule has 2 N–H and O–H groups in total. The van der Waals surface area contributed by atoms with Gasteiger partial charge in [-0.3, -0.25) is 24.5 Å². The molecular weight excluding hydrogens is 786 g/mol. The van der Waals surface area contributed by atoms with E-state index in [0.717, 1.165) is 49.3 Å². The summed E-state index contributed by atoms with van der Waals surface area (Å²) in [6.45, 7) is 9.27. The van der Waals surface area contributed by atoms with E-state index in [9.17, 15) is 34.9 Å². The van der Waals surface area contributed by atoms with E-state index >= 15 is 0 Å². The van der Waals surface area contributed by atoms with Crippen LogP contribution in [-0.4, -0.2) is 57.2 Å². The number of rotatable bonds is 20. The first-order chi connectivity index (χ1) is 26.6. The minimum absolute atomic E-state index is 0.152. The molecule has 0 saturated heterocycles. The maximum Gasteiger partial charge on any atom is 0.316 e. The van der Waals surface area contributed by atoms with Crippen LogP contribution in [0.5, 0.6) is 5.75 Å². The third-order valence-electron chi connectivity index (χ3n) is 12.0. The number of aliphatic hydroxyl groups is 1. The topological polar surface area (TPSA) is 180 Å². The Morgan fingerprint density at radius 1 is 1.07 bits per heavy atom. The molecule has 0 amide bonds. The Morgan fingerprint density at radius 3 is 2.57 bits per heavy atom. The van der Waals surface area contributed by atoms with Gasteiger partial charge in [0, 0.05) is 25.5 Å². The number of allylic oxidation sites excluding steroid dienone is 4. The molecular formula is C42H60BrN3O10. The molecule has 14 heteroatoms. The smallest absolute Gasteiger partial charge is 0.316 e. The molecule has 3 fully saturated rings. The summed E-state index contributed by atoms with van der Waals surface area (Å²) in [7, 11) is 0. The Hall–Kier alpha value is -3.78. The number of fused-ring (bicyclic) bond motifs is 1. The lowest BCUT2D eigenvalue weighted by atomic mass is 9.60. The summed E-state index contributed by atoms with van der Waals surface area (Å²) in [6, 6.07) is 3.65. The molecule has 1 aromatic carbocycles. The molecule has 0 radical (unpaired) electrons. The van der Waals surface area contributed by atoms with Crippen LogP contribution in [0.1, 0.15) is 124 Å². The average Bonchev–Trinajstić information content (AvgIpc) is 3.50. The molecule has 3 aliphatic rings. The van der Waals surface area contributed by atoms with E-state index in [0.29, 0.717) is 56.4 Å². The molecule has 56 heavy (non-hydrogen) atoms. The molecule has 1 unspecified atom stereocenters. The lowest BCUT2D eigenvalue weighted by Crippen LogP contribution is -2.36. The van der Waals surface area contributed by atoms with Crippen molar-refractivity contribution in [3.8, 4) is 5.75 Å². The van der Waals surface area contributed by atoms with Gasteiger partial charge in [-0.05, 0) is 131 Å². The first kappa shape index (κ1) is 44.9. The van der Waals surface area contributed by atoms with Crippen molar-refractivity contribution in [3.63, 3.8) is 0 Å². The number of nitro groups is 1. The van der Waals surface area contributed by atoms with Gasteiger partial charge in [-0.2, -0.15) is 0 Å². The molecule has 3 saturated carbocycles. The van der Waals surface area contributed by atoms with Crippen molar-refractivity contribution in [1.29, 1.82) is 0 Å². The molecule has 0 aliphatic heterocycles. The van der Waals surface area contributed by atoms with Crippen LogP contribution in [0, 0.1) is 43.4 Å². The Bertz CT molecular complexity index is 1640. The average molecular weight is 847 g/mol. The van der Waals surface area contributed by atoms with Crippen molar-refractivity contribution in [2.75, 3.05) is 23.8 Å². The quantitative estimate of drug-likeness (QED) is 0.0419. The van der Waals surface area contributed by atoms with Crippen molar-refractivity contribution in [2.24, 2.45) is 23.2 Å². The van der Waals surface area contributed by atoms with Crippen LogP contribution in [0.25, 0.3) is 0 Å². The number of carbonyl (C=O) groups is 2. The number of unbranched alkanes of at least 4 members (excludes halogenated alkanes) is 2. The molecule has 0 bridgehead atoms. The van der Waals surface area contributed by atoms with Gasteiger partial charge in [0.1, 0.15) is 29.5 Å². The standard InChI is InChI=1S/C42H60BrN3O10/c1-29(10-8-22-41(2,3)49)35-18-19-36-31(11-9-23-42(35,36)4)13-14-32-26-33(55-40(48)28-43)16-15-30(32)21-25-54-39(47)12-6-5-7-24-44-37-20-17-34(56-46(52)53)27-38(37)45(50)51/h13-14,17,20-21,27,29,33,35-36,44,49H,5-12,15-16,18-19,22-26,28H2,1-4H3/b30-21+,31-13+,32-14-/t29-,33+,35-,36?,42-/m1/s1. The fourth-order valence-corrected chi connectivity index (χ4v) is 9.35. The second-order valence-electron chi connectivity index (χ2n) is 16.6. The van der Waals surface area contributed by atoms with Gasteiger partial charge in [-0.1, -0.05) is 66.8 Å². The molecule has 0 heterocycles. The number of hydrogen-bond acceptors (Lipinski definition) is 11. The van der Waals surface area contributed by atoms with Crippen molar-refractivity contribution >= 4 is 39.2 Å². The lowest BCUT2D eigenvalue weighted by Gasteiger charge is -2.44. The third kappa shape index (κ3) is 13.4. The third-order valence-corrected chi connectivity index (χ3v) is 12.4. The van der Waals surface area contributed by atoms with Crippen LogP contribution >= 0.6 is 15.9 Å². The Balaban J connectivity index is 1.31. The summed E-state index contributed by atoms with van der Waals surface area (Å²) in [5, 5.41) is 34.3. The summed E-state index contributed by atoms with van der Waals surface area (Å²) >= 11 is 3.21. The van der Waals surface area contributed by atoms with Crippen molar-refractivity contribution in [2.45, 2.75) is 136 Å². The summed E-state index contributed by atoms with van der Waals surface area (Å²) in [6.07, 6.45) is 19.5. The molecule has 0 spiro atoms. The van der Waals surface area contributed by atoms with Crippen LogP contribution in [-0.2, 0) is 19.1 Å². The van der Waals surface area contributed by atoms with Gasteiger partial charge in [0.2, 0.25) is 0 Å². The summed E-state index contributed by atoms with van der Waals surface area (Å²) in [4.78, 5) is 50.4. The molecule has 3 aliphatic carbocycles. The van der Waals surface area contributed by atoms with E-state index in [1.165, 1.54) is 43.4 Å². The number of alkyl halides is 1. The van der Waals surface area contributed by atoms with E-state index < -0.39 is 15.6 Å². The lowest BCUT2D eigenvalue weighted by molar-refractivity contribution is -0.711. The first-order valence-electron chi connectivity index (χ1n) is 20.2. The zero-order valence-corrected chi connectivity index (χ0v) is 35.0. The number of carbonyl (C=O) groups excluding carboxylic acids is 2. The van der Waals surface area contributed by atoms with Crippen LogP contribution < -0.4 is 10.2 Å². The largest absolute Gasteiger partial charge is 0.461 e. The van der Waals surface area contributed by atoms with E-state index in [1.54, 1.807) is 0 Å². The van der Waals surface area contributed by atoms with E-state index in [2.05, 4.69) is 52.1 Å². The van der Waals surface area contributed by atoms with Crippen LogP contribution in [0.2, 0.25) is 0 Å². The van der Waals surface area contributed by atoms with E-state index in [1.807, 2.05) is 19.9 Å². The molecule has 0 aromatic heterocycles. The molecule has 4 rings (SSSR count). The summed E-state index contributed by atoms with van der Waals surface area (Å²) < 4.78 is 11.3. The molecule has 310 valence electrons. The Labute approximate surface area is 339 Å². The number of anilines is 1. The molecule has 13 nitrogen and oxygen atoms in total. The number of esters is 2. The second-order valence-corrected chi connectivity index (χ2v) is 17.2. The number of hydrogen-bond donors (Lipinski definition) is 2. The highest BCUT2D eigenvalue weighted by Crippen LogP contribution is 2.60. The Morgan fingerprint density at radius 2 is 1.86 bits per heavy atom. The minimum Gasteiger partial charge on any atom is -0.461 e. The predicted octanol–water partition coefficient (Wildman–Crippen LogP) is 9.74. The molecule has 5 atom stereocenters. The number of nitro benzene ring substituents is 1. The summed E-state index contributed by atoms with van der Waals surface area (Å²) in [5.41, 5.74) is 3.28. The van der Waals surface area contributed by atoms with Crippen molar-refractivity contribution < 1.29 is 39.0 Å². The zero-order chi connectivity index (χ0) is 40.9. The van der Waals surface area contributed by atoms with Gasteiger partial charge in [-0.25, -0.2) is 0 Å².